The number of hydrogen-bond donors (Lipinski definition) is 2. The second-order valence-corrected chi connectivity index (χ2v) is 9.42. The van der Waals surface area contributed by atoms with Gasteiger partial charge in [-0.2, -0.15) is 0 Å². The molecule has 4 saturated carbocycles. The van der Waals surface area contributed by atoms with E-state index in [0.29, 0.717) is 0 Å². The number of amides is 2. The summed E-state index contributed by atoms with van der Waals surface area (Å²) in [6.07, 6.45) is 7.60. The Kier molecular flexibility index (Phi) is 5.80. The lowest BCUT2D eigenvalue weighted by atomic mass is 9.48. The van der Waals surface area contributed by atoms with Gasteiger partial charge < -0.3 is 15.4 Å². The van der Waals surface area contributed by atoms with E-state index >= 15 is 0 Å². The molecule has 0 radical (unpaired) electrons. The summed E-state index contributed by atoms with van der Waals surface area (Å²) in [6, 6.07) is 5.24. The minimum atomic E-state index is -0.711. The highest BCUT2D eigenvalue weighted by Gasteiger charge is 2.53. The second-order valence-electron chi connectivity index (χ2n) is 9.42. The molecule has 0 heterocycles. The monoisotopic (exact) mass is 416 g/mol. The lowest BCUT2D eigenvalue weighted by Gasteiger charge is -2.59. The van der Waals surface area contributed by atoms with Gasteiger partial charge in [-0.1, -0.05) is 6.07 Å². The maximum Gasteiger partial charge on any atom is 0.325 e. The molecule has 4 fully saturated rings. The third-order valence-electron chi connectivity index (χ3n) is 7.23. The van der Waals surface area contributed by atoms with Crippen LogP contribution in [0, 0.1) is 29.0 Å². The van der Waals surface area contributed by atoms with Crippen molar-refractivity contribution in [3.63, 3.8) is 0 Å². The average Bonchev–Trinajstić information content (AvgIpc) is 2.69. The van der Waals surface area contributed by atoms with Crippen LogP contribution in [0.2, 0.25) is 0 Å². The molecule has 4 bridgehead atoms. The molecule has 2 N–H and O–H groups in total. The molecular weight excluding hydrogens is 387 g/mol. The Morgan fingerprint density at radius 2 is 1.77 bits per heavy atom. The van der Waals surface area contributed by atoms with Crippen LogP contribution in [-0.2, 0) is 14.3 Å². The largest absolute Gasteiger partial charge is 0.454 e. The first-order valence-electron chi connectivity index (χ1n) is 10.8. The van der Waals surface area contributed by atoms with E-state index in [4.69, 9.17) is 4.74 Å². The SMILES string of the molecule is C[C@@H](NC(=O)COC(=O)CNC(=O)c1cccc(F)c1)C12CC3CC(CC(C3)C1)C2. The van der Waals surface area contributed by atoms with Crippen molar-refractivity contribution in [2.75, 3.05) is 13.2 Å². The molecule has 1 aromatic carbocycles. The predicted molar refractivity (Wildman–Crippen MR) is 108 cm³/mol. The summed E-state index contributed by atoms with van der Waals surface area (Å²) in [4.78, 5) is 36.1. The van der Waals surface area contributed by atoms with E-state index in [2.05, 4.69) is 17.6 Å². The van der Waals surface area contributed by atoms with E-state index in [1.165, 1.54) is 56.7 Å². The van der Waals surface area contributed by atoms with Crippen LogP contribution >= 0.6 is 0 Å². The Hall–Kier alpha value is -2.44. The molecule has 0 spiro atoms. The van der Waals surface area contributed by atoms with Crippen molar-refractivity contribution in [3.05, 3.63) is 35.6 Å². The van der Waals surface area contributed by atoms with Crippen LogP contribution in [0.25, 0.3) is 0 Å². The van der Waals surface area contributed by atoms with E-state index in [9.17, 15) is 18.8 Å². The molecule has 0 aromatic heterocycles. The van der Waals surface area contributed by atoms with Crippen LogP contribution in [0.15, 0.2) is 24.3 Å². The van der Waals surface area contributed by atoms with Crippen molar-refractivity contribution in [1.29, 1.82) is 0 Å². The summed E-state index contributed by atoms with van der Waals surface area (Å²) >= 11 is 0. The highest BCUT2D eigenvalue weighted by molar-refractivity contribution is 5.96. The topological polar surface area (TPSA) is 84.5 Å². The fraction of sp³-hybridized carbons (Fsp3) is 0.609. The van der Waals surface area contributed by atoms with E-state index in [-0.39, 0.29) is 36.1 Å². The Bertz CT molecular complexity index is 805. The number of ether oxygens (including phenoxy) is 1. The third-order valence-corrected chi connectivity index (χ3v) is 7.23. The number of rotatable bonds is 7. The second kappa shape index (κ2) is 8.36. The molecule has 2 amide bonds. The number of nitrogens with one attached hydrogen (secondary N) is 2. The molecule has 1 atom stereocenters. The van der Waals surface area contributed by atoms with Gasteiger partial charge in [0.1, 0.15) is 12.4 Å². The molecule has 30 heavy (non-hydrogen) atoms. The van der Waals surface area contributed by atoms with E-state index < -0.39 is 17.7 Å². The summed E-state index contributed by atoms with van der Waals surface area (Å²) in [6.45, 7) is 1.32. The summed E-state index contributed by atoms with van der Waals surface area (Å²) in [7, 11) is 0. The highest BCUT2D eigenvalue weighted by atomic mass is 19.1. The van der Waals surface area contributed by atoms with Crippen molar-refractivity contribution in [2.24, 2.45) is 23.2 Å². The summed E-state index contributed by atoms with van der Waals surface area (Å²) < 4.78 is 18.2. The van der Waals surface area contributed by atoms with Crippen LogP contribution < -0.4 is 10.6 Å². The van der Waals surface area contributed by atoms with Crippen LogP contribution in [0.5, 0.6) is 0 Å². The van der Waals surface area contributed by atoms with Gasteiger partial charge in [-0.05, 0) is 86.8 Å². The fourth-order valence-corrected chi connectivity index (χ4v) is 6.23. The molecule has 0 aliphatic heterocycles. The van der Waals surface area contributed by atoms with Gasteiger partial charge in [0.2, 0.25) is 0 Å². The first-order valence-corrected chi connectivity index (χ1v) is 10.8. The van der Waals surface area contributed by atoms with E-state index in [1.807, 2.05) is 0 Å². The van der Waals surface area contributed by atoms with Crippen LogP contribution in [0.4, 0.5) is 4.39 Å². The summed E-state index contributed by atoms with van der Waals surface area (Å²) in [5, 5.41) is 5.41. The maximum absolute atomic E-state index is 13.2. The van der Waals surface area contributed by atoms with E-state index in [1.54, 1.807) is 0 Å². The summed E-state index contributed by atoms with van der Waals surface area (Å²) in [5.41, 5.74) is 0.304. The highest BCUT2D eigenvalue weighted by Crippen LogP contribution is 2.61. The maximum atomic E-state index is 13.2. The Morgan fingerprint density at radius 3 is 2.37 bits per heavy atom. The van der Waals surface area contributed by atoms with Crippen molar-refractivity contribution in [2.45, 2.75) is 51.5 Å². The first-order chi connectivity index (χ1) is 14.3. The fourth-order valence-electron chi connectivity index (χ4n) is 6.23. The third kappa shape index (κ3) is 4.50. The van der Waals surface area contributed by atoms with Gasteiger partial charge in [-0.3, -0.25) is 14.4 Å². The smallest absolute Gasteiger partial charge is 0.325 e. The minimum Gasteiger partial charge on any atom is -0.454 e. The number of hydrogen-bond acceptors (Lipinski definition) is 4. The quantitative estimate of drug-likeness (QED) is 0.670. The van der Waals surface area contributed by atoms with Crippen molar-refractivity contribution in [1.82, 2.24) is 10.6 Å². The molecule has 162 valence electrons. The van der Waals surface area contributed by atoms with Gasteiger partial charge in [-0.15, -0.1) is 0 Å². The molecule has 0 saturated heterocycles. The van der Waals surface area contributed by atoms with Gasteiger partial charge >= 0.3 is 5.97 Å². The van der Waals surface area contributed by atoms with Crippen molar-refractivity contribution < 1.29 is 23.5 Å². The standard InChI is InChI=1S/C23H29FN2O4/c1-14(23-9-15-5-16(10-23)7-17(6-15)11-23)26-20(27)13-30-21(28)12-25-22(29)18-3-2-4-19(24)8-18/h2-4,8,14-17H,5-7,9-13H2,1H3,(H,25,29)(H,26,27)/t14-,15?,16?,17?,23?/m1/s1. The molecule has 4 aliphatic carbocycles. The molecule has 1 aromatic rings. The molecule has 0 unspecified atom stereocenters. The molecule has 7 heteroatoms. The Morgan fingerprint density at radius 1 is 1.13 bits per heavy atom. The zero-order chi connectivity index (χ0) is 21.3. The van der Waals surface area contributed by atoms with Crippen LogP contribution in [-0.4, -0.2) is 37.0 Å². The van der Waals surface area contributed by atoms with Crippen LogP contribution in [0.1, 0.15) is 55.8 Å². The molecule has 6 nitrogen and oxygen atoms in total. The normalized spacial score (nSPS) is 29.9. The van der Waals surface area contributed by atoms with Crippen molar-refractivity contribution in [3.8, 4) is 0 Å². The van der Waals surface area contributed by atoms with Gasteiger partial charge in [0.25, 0.3) is 11.8 Å². The number of carbonyl (C=O) groups excluding carboxylic acids is 3. The average molecular weight is 416 g/mol. The number of esters is 1. The number of carbonyl (C=O) groups is 3. The summed E-state index contributed by atoms with van der Waals surface area (Å²) in [5.74, 6) is 0.266. The lowest BCUT2D eigenvalue weighted by molar-refractivity contribution is -0.148. The Labute approximate surface area is 175 Å². The molecule has 4 aliphatic rings. The van der Waals surface area contributed by atoms with Gasteiger partial charge in [0.15, 0.2) is 6.61 Å². The number of benzene rings is 1. The van der Waals surface area contributed by atoms with Crippen molar-refractivity contribution >= 4 is 17.8 Å². The minimum absolute atomic E-state index is 0.0600. The number of halogens is 1. The van der Waals surface area contributed by atoms with Crippen LogP contribution in [0.3, 0.4) is 0 Å². The predicted octanol–water partition coefficient (Wildman–Crippen LogP) is 2.82. The van der Waals surface area contributed by atoms with Gasteiger partial charge in [0.05, 0.1) is 0 Å². The zero-order valence-corrected chi connectivity index (χ0v) is 17.3. The van der Waals surface area contributed by atoms with Gasteiger partial charge in [-0.25, -0.2) is 4.39 Å². The Balaban J connectivity index is 1.20. The zero-order valence-electron chi connectivity index (χ0n) is 17.3. The molecular formula is C23H29FN2O4. The molecule has 5 rings (SSSR count). The first kappa shape index (κ1) is 20.8. The van der Waals surface area contributed by atoms with Gasteiger partial charge in [0, 0.05) is 11.6 Å². The lowest BCUT2D eigenvalue weighted by Crippen LogP contribution is -2.56. The van der Waals surface area contributed by atoms with E-state index in [0.717, 1.165) is 23.8 Å².